The molecular weight excluding hydrogens is 210 g/mol. The molecule has 4 N–H and O–H groups in total. The molecule has 16 heavy (non-hydrogen) atoms. The Hall–Kier alpha value is -2.37. The third kappa shape index (κ3) is 3.41. The van der Waals surface area contributed by atoms with Crippen LogP contribution >= 0.6 is 0 Å². The quantitative estimate of drug-likeness (QED) is 0.387. The highest BCUT2D eigenvalue weighted by Crippen LogP contribution is 2.10. The second kappa shape index (κ2) is 5.50. The molecular formula is C10H11N3O3. The molecule has 0 aliphatic rings. The predicted octanol–water partition coefficient (Wildman–Crippen LogP) is 0.362. The smallest absolute Gasteiger partial charge is 0.352 e. The van der Waals surface area contributed by atoms with Crippen LogP contribution in [0.1, 0.15) is 5.56 Å². The number of benzene rings is 1. The van der Waals surface area contributed by atoms with Crippen molar-refractivity contribution < 1.29 is 15.0 Å². The van der Waals surface area contributed by atoms with E-state index in [0.29, 0.717) is 5.56 Å². The van der Waals surface area contributed by atoms with Crippen molar-refractivity contribution in [2.45, 2.75) is 6.42 Å². The van der Waals surface area contributed by atoms with Gasteiger partial charge >= 0.3 is 5.97 Å². The summed E-state index contributed by atoms with van der Waals surface area (Å²) < 4.78 is 0. The molecule has 0 heterocycles. The fourth-order valence-corrected chi connectivity index (χ4v) is 1.06. The van der Waals surface area contributed by atoms with Gasteiger partial charge in [0.15, 0.2) is 5.71 Å². The van der Waals surface area contributed by atoms with Gasteiger partial charge in [0.25, 0.3) is 0 Å². The van der Waals surface area contributed by atoms with E-state index in [0.717, 1.165) is 6.34 Å². The van der Waals surface area contributed by atoms with E-state index in [-0.39, 0.29) is 17.9 Å². The van der Waals surface area contributed by atoms with Crippen molar-refractivity contribution in [3.8, 4) is 5.75 Å². The standard InChI is InChI=1S/C10H11N3O3/c11-6-12-13-9(10(15)16)5-7-1-3-8(14)4-2-7/h1-4,6,14H,5H2,(H2,11,12)(H,15,16). The maximum Gasteiger partial charge on any atom is 0.352 e. The summed E-state index contributed by atoms with van der Waals surface area (Å²) in [5, 5.41) is 24.7. The van der Waals surface area contributed by atoms with Crippen LogP contribution in [0.2, 0.25) is 0 Å². The zero-order chi connectivity index (χ0) is 12.0. The van der Waals surface area contributed by atoms with Crippen LogP contribution in [-0.4, -0.2) is 28.2 Å². The molecule has 1 rings (SSSR count). The fourth-order valence-electron chi connectivity index (χ4n) is 1.06. The lowest BCUT2D eigenvalue weighted by Crippen LogP contribution is -2.15. The molecule has 0 aromatic heterocycles. The van der Waals surface area contributed by atoms with Crippen LogP contribution in [0.5, 0.6) is 5.75 Å². The number of hydrogen-bond donors (Lipinski definition) is 3. The number of nitrogens with zero attached hydrogens (tertiary/aromatic N) is 2. The minimum Gasteiger partial charge on any atom is -0.508 e. The lowest BCUT2D eigenvalue weighted by atomic mass is 10.1. The molecule has 84 valence electrons. The second-order valence-corrected chi connectivity index (χ2v) is 2.96. The first-order valence-electron chi connectivity index (χ1n) is 4.44. The van der Waals surface area contributed by atoms with E-state index in [9.17, 15) is 4.79 Å². The number of rotatable bonds is 4. The molecule has 0 aliphatic heterocycles. The zero-order valence-electron chi connectivity index (χ0n) is 8.37. The van der Waals surface area contributed by atoms with Gasteiger partial charge in [-0.1, -0.05) is 12.1 Å². The van der Waals surface area contributed by atoms with Crippen LogP contribution in [0.25, 0.3) is 0 Å². The average molecular weight is 221 g/mol. The Morgan fingerprint density at radius 2 is 2.00 bits per heavy atom. The molecule has 0 bridgehead atoms. The number of carboxylic acids is 1. The first-order chi connectivity index (χ1) is 7.63. The second-order valence-electron chi connectivity index (χ2n) is 2.96. The monoisotopic (exact) mass is 221 g/mol. The number of nitrogens with two attached hydrogens (primary N) is 1. The summed E-state index contributed by atoms with van der Waals surface area (Å²) in [5.41, 5.74) is 5.56. The van der Waals surface area contributed by atoms with Gasteiger partial charge in [-0.25, -0.2) is 4.79 Å². The Morgan fingerprint density at radius 3 is 2.50 bits per heavy atom. The van der Waals surface area contributed by atoms with Gasteiger partial charge in [0, 0.05) is 6.42 Å². The minimum atomic E-state index is -1.15. The van der Waals surface area contributed by atoms with E-state index in [2.05, 4.69) is 10.2 Å². The predicted molar refractivity (Wildman–Crippen MR) is 59.6 cm³/mol. The maximum atomic E-state index is 10.8. The Balaban J connectivity index is 2.84. The SMILES string of the molecule is NC=NN=C(Cc1ccc(O)cc1)C(=O)O. The number of aliphatic carboxylic acids is 1. The number of carboxylic acid groups (broad SMARTS) is 1. The molecule has 6 nitrogen and oxygen atoms in total. The largest absolute Gasteiger partial charge is 0.508 e. The summed E-state index contributed by atoms with van der Waals surface area (Å²) in [4.78, 5) is 10.8. The highest BCUT2D eigenvalue weighted by atomic mass is 16.4. The molecule has 0 spiro atoms. The normalized spacial score (nSPS) is 11.9. The maximum absolute atomic E-state index is 10.8. The molecule has 1 aromatic carbocycles. The third-order valence-corrected chi connectivity index (χ3v) is 1.80. The van der Waals surface area contributed by atoms with E-state index in [1.54, 1.807) is 12.1 Å². The van der Waals surface area contributed by atoms with Crippen LogP contribution in [0.4, 0.5) is 0 Å². The van der Waals surface area contributed by atoms with Crippen molar-refractivity contribution >= 4 is 18.0 Å². The molecule has 0 saturated carbocycles. The summed E-state index contributed by atoms with van der Waals surface area (Å²) in [6, 6.07) is 6.17. The molecule has 0 unspecified atom stereocenters. The highest BCUT2D eigenvalue weighted by molar-refractivity contribution is 6.36. The Morgan fingerprint density at radius 1 is 1.38 bits per heavy atom. The summed E-state index contributed by atoms with van der Waals surface area (Å²) in [7, 11) is 0. The van der Waals surface area contributed by atoms with Crippen LogP contribution in [0.15, 0.2) is 34.5 Å². The van der Waals surface area contributed by atoms with E-state index in [1.807, 2.05) is 0 Å². The van der Waals surface area contributed by atoms with E-state index in [1.165, 1.54) is 12.1 Å². The van der Waals surface area contributed by atoms with E-state index in [4.69, 9.17) is 15.9 Å². The van der Waals surface area contributed by atoms with Gasteiger partial charge in [-0.05, 0) is 17.7 Å². The minimum absolute atomic E-state index is 0.118. The number of phenolic OH excluding ortho intramolecular Hbond substituents is 1. The van der Waals surface area contributed by atoms with Gasteiger partial charge in [0.05, 0.1) is 0 Å². The van der Waals surface area contributed by atoms with Crippen LogP contribution in [-0.2, 0) is 11.2 Å². The lowest BCUT2D eigenvalue weighted by Gasteiger charge is -2.00. The Bertz CT molecular complexity index is 423. The lowest BCUT2D eigenvalue weighted by molar-refractivity contribution is -0.129. The zero-order valence-corrected chi connectivity index (χ0v) is 8.37. The first kappa shape index (κ1) is 11.7. The first-order valence-corrected chi connectivity index (χ1v) is 4.44. The fraction of sp³-hybridized carbons (Fsp3) is 0.100. The van der Waals surface area contributed by atoms with Crippen LogP contribution in [0, 0.1) is 0 Å². The molecule has 1 aromatic rings. The van der Waals surface area contributed by atoms with Gasteiger partial charge in [-0.2, -0.15) is 0 Å². The molecule has 0 atom stereocenters. The Labute approximate surface area is 91.7 Å². The van der Waals surface area contributed by atoms with E-state index < -0.39 is 5.97 Å². The van der Waals surface area contributed by atoms with Crippen molar-refractivity contribution in [1.82, 2.24) is 0 Å². The highest BCUT2D eigenvalue weighted by Gasteiger charge is 2.10. The third-order valence-electron chi connectivity index (χ3n) is 1.80. The van der Waals surface area contributed by atoms with Crippen LogP contribution in [0.3, 0.4) is 0 Å². The molecule has 6 heteroatoms. The van der Waals surface area contributed by atoms with Crippen molar-refractivity contribution in [3.05, 3.63) is 29.8 Å². The topological polar surface area (TPSA) is 108 Å². The van der Waals surface area contributed by atoms with Gasteiger partial charge in [-0.3, -0.25) is 0 Å². The van der Waals surface area contributed by atoms with Crippen molar-refractivity contribution in [2.75, 3.05) is 0 Å². The van der Waals surface area contributed by atoms with Crippen molar-refractivity contribution in [3.63, 3.8) is 0 Å². The van der Waals surface area contributed by atoms with Gasteiger partial charge in [0.1, 0.15) is 12.1 Å². The number of phenols is 1. The van der Waals surface area contributed by atoms with Crippen LogP contribution < -0.4 is 5.73 Å². The van der Waals surface area contributed by atoms with Gasteiger partial charge in [0.2, 0.25) is 0 Å². The summed E-state index contributed by atoms with van der Waals surface area (Å²) in [6.07, 6.45) is 1.03. The summed E-state index contributed by atoms with van der Waals surface area (Å²) in [6.45, 7) is 0. The number of carbonyl (C=O) groups is 1. The molecule has 0 aliphatic carbocycles. The number of hydrogen-bond acceptors (Lipinski definition) is 4. The van der Waals surface area contributed by atoms with Crippen molar-refractivity contribution in [1.29, 1.82) is 0 Å². The average Bonchev–Trinajstić information content (AvgIpc) is 2.26. The number of aromatic hydroxyl groups is 1. The molecule has 0 fully saturated rings. The Kier molecular flexibility index (Phi) is 4.02. The summed E-state index contributed by atoms with van der Waals surface area (Å²) >= 11 is 0. The van der Waals surface area contributed by atoms with Crippen molar-refractivity contribution in [2.24, 2.45) is 15.9 Å². The van der Waals surface area contributed by atoms with Gasteiger partial charge in [-0.15, -0.1) is 10.2 Å². The summed E-state index contributed by atoms with van der Waals surface area (Å²) in [5.74, 6) is -1.03. The van der Waals surface area contributed by atoms with Gasteiger partial charge < -0.3 is 15.9 Å². The molecule has 0 amide bonds. The molecule has 0 saturated heterocycles. The van der Waals surface area contributed by atoms with E-state index >= 15 is 0 Å². The molecule has 0 radical (unpaired) electrons.